The fourth-order valence-electron chi connectivity index (χ4n) is 4.01. The van der Waals surface area contributed by atoms with Crippen molar-refractivity contribution in [3.05, 3.63) is 52.8 Å². The van der Waals surface area contributed by atoms with Crippen molar-refractivity contribution < 1.29 is 22.7 Å². The van der Waals surface area contributed by atoms with Crippen molar-refractivity contribution >= 4 is 23.3 Å². The van der Waals surface area contributed by atoms with Crippen LogP contribution < -0.4 is 4.74 Å². The summed E-state index contributed by atoms with van der Waals surface area (Å²) in [6.07, 6.45) is 2.24. The third-order valence-electron chi connectivity index (χ3n) is 5.15. The minimum atomic E-state index is -3.17. The Bertz CT molecular complexity index is 1120. The average Bonchev–Trinajstić information content (AvgIpc) is 3.14. The van der Waals surface area contributed by atoms with E-state index in [0.717, 1.165) is 11.0 Å². The molecule has 4 rings (SSSR count). The number of fused-ring (bicyclic) bond motifs is 1. The third-order valence-corrected chi connectivity index (χ3v) is 5.43. The lowest BCUT2D eigenvalue weighted by molar-refractivity contribution is -0.0823. The average molecular weight is 440 g/mol. The molecule has 30 heavy (non-hydrogen) atoms. The van der Waals surface area contributed by atoms with Gasteiger partial charge in [0.2, 0.25) is 0 Å². The summed E-state index contributed by atoms with van der Waals surface area (Å²) < 4.78 is 49.9. The van der Waals surface area contributed by atoms with Crippen LogP contribution in [0.15, 0.2) is 30.7 Å². The van der Waals surface area contributed by atoms with Gasteiger partial charge in [0.05, 0.1) is 24.4 Å². The molecular formula is C19H17ClF3N5O2. The van der Waals surface area contributed by atoms with E-state index in [2.05, 4.69) is 15.1 Å². The molecule has 0 N–H and O–H groups in total. The number of likely N-dealkylation sites (tertiary alicyclic amines) is 1. The highest BCUT2D eigenvalue weighted by Gasteiger charge is 2.50. The molecule has 0 spiro atoms. The first-order valence-electron chi connectivity index (χ1n) is 8.99. The number of rotatable bonds is 3. The maximum Gasteiger partial charge on any atom is 0.266 e. The molecular weight excluding hydrogens is 423 g/mol. The van der Waals surface area contributed by atoms with Gasteiger partial charge in [-0.2, -0.15) is 10.1 Å². The molecule has 11 heteroatoms. The van der Waals surface area contributed by atoms with Crippen molar-refractivity contribution in [3.8, 4) is 5.75 Å². The van der Waals surface area contributed by atoms with Crippen molar-refractivity contribution in [1.82, 2.24) is 24.5 Å². The molecule has 1 fully saturated rings. The molecule has 1 aliphatic rings. The van der Waals surface area contributed by atoms with Gasteiger partial charge in [-0.3, -0.25) is 4.79 Å². The van der Waals surface area contributed by atoms with Gasteiger partial charge in [-0.1, -0.05) is 18.5 Å². The van der Waals surface area contributed by atoms with Crippen LogP contribution in [0.25, 0.3) is 5.78 Å². The second kappa shape index (κ2) is 7.12. The number of amides is 1. The van der Waals surface area contributed by atoms with E-state index in [0.29, 0.717) is 5.69 Å². The van der Waals surface area contributed by atoms with Gasteiger partial charge in [-0.05, 0) is 18.2 Å². The smallest absolute Gasteiger partial charge is 0.266 e. The quantitative estimate of drug-likeness (QED) is 0.625. The van der Waals surface area contributed by atoms with E-state index in [9.17, 15) is 18.0 Å². The fourth-order valence-corrected chi connectivity index (χ4v) is 4.30. The summed E-state index contributed by atoms with van der Waals surface area (Å²) in [4.78, 5) is 22.0. The van der Waals surface area contributed by atoms with E-state index in [-0.39, 0.29) is 28.7 Å². The monoisotopic (exact) mass is 439 g/mol. The van der Waals surface area contributed by atoms with Gasteiger partial charge < -0.3 is 9.64 Å². The first-order chi connectivity index (χ1) is 14.1. The number of ether oxygens (including phenoxy) is 1. The van der Waals surface area contributed by atoms with Crippen molar-refractivity contribution in [1.29, 1.82) is 0 Å². The minimum absolute atomic E-state index is 0.0360. The Morgan fingerprint density at radius 2 is 2.03 bits per heavy atom. The zero-order valence-corrected chi connectivity index (χ0v) is 16.8. The van der Waals surface area contributed by atoms with Gasteiger partial charge >= 0.3 is 0 Å². The Hall–Kier alpha value is -2.88. The van der Waals surface area contributed by atoms with Crippen LogP contribution in [0.2, 0.25) is 5.02 Å². The summed E-state index contributed by atoms with van der Waals surface area (Å²) in [5, 5.41) is 3.95. The summed E-state index contributed by atoms with van der Waals surface area (Å²) in [5.74, 6) is -4.73. The molecule has 1 aliphatic heterocycles. The number of hydrogen-bond donors (Lipinski definition) is 0. The molecule has 1 aromatic carbocycles. The van der Waals surface area contributed by atoms with Crippen molar-refractivity contribution in [2.24, 2.45) is 0 Å². The minimum Gasteiger partial charge on any atom is -0.492 e. The summed E-state index contributed by atoms with van der Waals surface area (Å²) in [6, 6.07) is 3.72. The number of nitrogens with zero attached hydrogens (tertiary/aromatic N) is 5. The van der Waals surface area contributed by atoms with E-state index < -0.39 is 36.0 Å². The standard InChI is InChI=1S/C19H17ClF3N5O2/c1-18(14-3-4-24-17-25-10-26-28(14)17)7-19(22,23)9-27(8-18)16(29)11-5-12(20)15(30-2)13(21)6-11/h3-6,10H,7-9H2,1-2H3/t18-/m0/s1. The predicted molar refractivity (Wildman–Crippen MR) is 102 cm³/mol. The highest BCUT2D eigenvalue weighted by molar-refractivity contribution is 6.32. The SMILES string of the molecule is COc1c(F)cc(C(=O)N2CC(F)(F)C[C@](C)(c3ccnc4ncnn34)C2)cc1Cl. The maximum atomic E-state index is 14.7. The zero-order valence-electron chi connectivity index (χ0n) is 16.1. The third kappa shape index (κ3) is 3.45. The Kier molecular flexibility index (Phi) is 4.84. The number of benzene rings is 1. The largest absolute Gasteiger partial charge is 0.492 e. The first kappa shape index (κ1) is 20.4. The number of methoxy groups -OCH3 is 1. The van der Waals surface area contributed by atoms with Crippen LogP contribution in [-0.2, 0) is 5.41 Å². The molecule has 0 radical (unpaired) electrons. The van der Waals surface area contributed by atoms with Gasteiger partial charge in [0.1, 0.15) is 6.33 Å². The molecule has 7 nitrogen and oxygen atoms in total. The Labute approximate surface area is 174 Å². The van der Waals surface area contributed by atoms with Crippen LogP contribution in [0, 0.1) is 5.82 Å². The number of piperidine rings is 1. The van der Waals surface area contributed by atoms with Crippen LogP contribution in [0.4, 0.5) is 13.2 Å². The Morgan fingerprint density at radius 3 is 2.73 bits per heavy atom. The lowest BCUT2D eigenvalue weighted by Gasteiger charge is -2.44. The van der Waals surface area contributed by atoms with E-state index in [1.165, 1.54) is 30.2 Å². The maximum absolute atomic E-state index is 14.7. The molecule has 0 bridgehead atoms. The second-order valence-corrected chi connectivity index (χ2v) is 7.94. The second-order valence-electron chi connectivity index (χ2n) is 7.53. The molecule has 158 valence electrons. The number of hydrogen-bond acceptors (Lipinski definition) is 5. The number of halogens is 4. The lowest BCUT2D eigenvalue weighted by atomic mass is 9.77. The first-order valence-corrected chi connectivity index (χ1v) is 9.37. The molecule has 3 heterocycles. The summed E-state index contributed by atoms with van der Waals surface area (Å²) >= 11 is 5.97. The molecule has 1 amide bonds. The highest BCUT2D eigenvalue weighted by atomic mass is 35.5. The number of aromatic nitrogens is 4. The summed E-state index contributed by atoms with van der Waals surface area (Å²) in [6.45, 7) is 0.794. The molecule has 0 aliphatic carbocycles. The van der Waals surface area contributed by atoms with Crippen molar-refractivity contribution in [2.45, 2.75) is 24.7 Å². The molecule has 1 saturated heterocycles. The van der Waals surface area contributed by atoms with Crippen molar-refractivity contribution in [3.63, 3.8) is 0 Å². The predicted octanol–water partition coefficient (Wildman–Crippen LogP) is 3.36. The zero-order chi connectivity index (χ0) is 21.7. The molecule has 2 aromatic heterocycles. The van der Waals surface area contributed by atoms with Gasteiger partial charge in [-0.25, -0.2) is 22.7 Å². The summed E-state index contributed by atoms with van der Waals surface area (Å²) in [5.41, 5.74) is -0.846. The Balaban J connectivity index is 1.73. The van der Waals surface area contributed by atoms with E-state index in [4.69, 9.17) is 16.3 Å². The number of alkyl halides is 2. The van der Waals surface area contributed by atoms with Gasteiger partial charge in [0, 0.05) is 30.1 Å². The Morgan fingerprint density at radius 1 is 1.27 bits per heavy atom. The molecule has 0 saturated carbocycles. The van der Waals surface area contributed by atoms with Crippen LogP contribution >= 0.6 is 11.6 Å². The van der Waals surface area contributed by atoms with Crippen LogP contribution in [0.5, 0.6) is 5.75 Å². The fraction of sp³-hybridized carbons (Fsp3) is 0.368. The normalized spacial score (nSPS) is 21.1. The van der Waals surface area contributed by atoms with Crippen LogP contribution in [0.1, 0.15) is 29.4 Å². The van der Waals surface area contributed by atoms with E-state index >= 15 is 0 Å². The molecule has 3 aromatic rings. The van der Waals surface area contributed by atoms with E-state index in [1.54, 1.807) is 13.0 Å². The number of carbonyl (C=O) groups is 1. The van der Waals surface area contributed by atoms with Gasteiger partial charge in [0.15, 0.2) is 11.6 Å². The van der Waals surface area contributed by atoms with Crippen molar-refractivity contribution in [2.75, 3.05) is 20.2 Å². The lowest BCUT2D eigenvalue weighted by Crippen LogP contribution is -2.56. The van der Waals surface area contributed by atoms with Gasteiger partial charge in [0.25, 0.3) is 17.6 Å². The topological polar surface area (TPSA) is 72.6 Å². The van der Waals surface area contributed by atoms with Gasteiger partial charge in [-0.15, -0.1) is 0 Å². The van der Waals surface area contributed by atoms with Crippen LogP contribution in [0.3, 0.4) is 0 Å². The molecule has 1 atom stereocenters. The molecule has 0 unspecified atom stereocenters. The van der Waals surface area contributed by atoms with E-state index in [1.807, 2.05) is 0 Å². The highest BCUT2D eigenvalue weighted by Crippen LogP contribution is 2.41. The number of carbonyl (C=O) groups excluding carboxylic acids is 1. The van der Waals surface area contributed by atoms with Crippen LogP contribution in [-0.4, -0.2) is 56.5 Å². The summed E-state index contributed by atoms with van der Waals surface area (Å²) in [7, 11) is 1.24.